The molecule has 0 aliphatic carbocycles. The van der Waals surface area contributed by atoms with Crippen LogP contribution in [0.3, 0.4) is 0 Å². The lowest BCUT2D eigenvalue weighted by molar-refractivity contribution is -0.116. The van der Waals surface area contributed by atoms with E-state index in [4.69, 9.17) is 0 Å². The van der Waals surface area contributed by atoms with Crippen LogP contribution in [-0.2, 0) is 4.79 Å². The van der Waals surface area contributed by atoms with E-state index in [0.29, 0.717) is 17.9 Å². The highest BCUT2D eigenvalue weighted by atomic mass is 16.2. The molecule has 3 heterocycles. The quantitative estimate of drug-likeness (QED) is 0.683. The van der Waals surface area contributed by atoms with Crippen molar-refractivity contribution in [2.24, 2.45) is 0 Å². The van der Waals surface area contributed by atoms with E-state index in [1.165, 1.54) is 0 Å². The highest BCUT2D eigenvalue weighted by molar-refractivity contribution is 5.96. The van der Waals surface area contributed by atoms with E-state index in [9.17, 15) is 9.59 Å². The fourth-order valence-electron chi connectivity index (χ4n) is 3.66. The van der Waals surface area contributed by atoms with Crippen molar-refractivity contribution in [1.82, 2.24) is 14.9 Å². The average molecular weight is 431 g/mol. The third-order valence-corrected chi connectivity index (χ3v) is 5.45. The molecule has 8 nitrogen and oxygen atoms in total. The fraction of sp³-hybridized carbons (Fsp3) is 0.250. The molecule has 0 atom stereocenters. The van der Waals surface area contributed by atoms with Gasteiger partial charge in [0.2, 0.25) is 5.91 Å². The Kier molecular flexibility index (Phi) is 5.77. The van der Waals surface area contributed by atoms with Gasteiger partial charge in [-0.05, 0) is 35.9 Å². The third kappa shape index (κ3) is 4.25. The van der Waals surface area contributed by atoms with Gasteiger partial charge in [-0.3, -0.25) is 9.59 Å². The first kappa shape index (κ1) is 21.3. The first-order chi connectivity index (χ1) is 15.3. The van der Waals surface area contributed by atoms with Gasteiger partial charge in [0.1, 0.15) is 5.82 Å². The second-order valence-electron chi connectivity index (χ2n) is 7.99. The van der Waals surface area contributed by atoms with Gasteiger partial charge in [0, 0.05) is 58.5 Å². The van der Waals surface area contributed by atoms with Crippen molar-refractivity contribution in [3.05, 3.63) is 60.4 Å². The summed E-state index contributed by atoms with van der Waals surface area (Å²) in [6.45, 7) is 2.95. The molecule has 32 heavy (non-hydrogen) atoms. The molecular weight excluding hydrogens is 404 g/mol. The van der Waals surface area contributed by atoms with E-state index in [0.717, 1.165) is 34.9 Å². The van der Waals surface area contributed by atoms with Crippen molar-refractivity contribution in [2.45, 2.75) is 6.92 Å². The molecule has 2 amide bonds. The first-order valence-electron chi connectivity index (χ1n) is 10.4. The molecule has 164 valence electrons. The number of aromatic nitrogens is 2. The predicted molar refractivity (Wildman–Crippen MR) is 127 cm³/mol. The molecule has 1 aliphatic rings. The zero-order valence-electron chi connectivity index (χ0n) is 18.7. The van der Waals surface area contributed by atoms with Crippen LogP contribution in [0.15, 0.2) is 54.9 Å². The van der Waals surface area contributed by atoms with Gasteiger partial charge in [0.15, 0.2) is 5.82 Å². The highest BCUT2D eigenvalue weighted by Crippen LogP contribution is 2.33. The summed E-state index contributed by atoms with van der Waals surface area (Å²) in [5.74, 6) is 1.44. The van der Waals surface area contributed by atoms with E-state index in [2.05, 4.69) is 15.3 Å². The number of pyridine rings is 2. The number of amides is 2. The van der Waals surface area contributed by atoms with Gasteiger partial charge in [-0.1, -0.05) is 12.1 Å². The molecule has 0 fully saturated rings. The maximum atomic E-state index is 12.1. The van der Waals surface area contributed by atoms with Gasteiger partial charge < -0.3 is 20.0 Å². The van der Waals surface area contributed by atoms with Crippen LogP contribution in [0.1, 0.15) is 17.3 Å². The van der Waals surface area contributed by atoms with Crippen LogP contribution in [0.5, 0.6) is 0 Å². The summed E-state index contributed by atoms with van der Waals surface area (Å²) < 4.78 is 0. The molecule has 0 radical (unpaired) electrons. The number of rotatable bonds is 4. The Labute approximate surface area is 187 Å². The molecule has 0 saturated carbocycles. The van der Waals surface area contributed by atoms with Crippen LogP contribution >= 0.6 is 0 Å². The number of fused-ring (bicyclic) bond motifs is 1. The largest absolute Gasteiger partial charge is 0.356 e. The predicted octanol–water partition coefficient (Wildman–Crippen LogP) is 3.39. The molecule has 1 aliphatic heterocycles. The average Bonchev–Trinajstić information content (AvgIpc) is 2.79. The zero-order valence-corrected chi connectivity index (χ0v) is 18.7. The SMILES string of the molecule is CC(=O)N1CCN(C)c2ncc(Nc3ccc(-c4ccc(C(=O)N(C)C)cc4)cn3)cc21. The summed E-state index contributed by atoms with van der Waals surface area (Å²) in [4.78, 5) is 38.5. The molecule has 4 rings (SSSR count). The number of hydrogen-bond donors (Lipinski definition) is 1. The van der Waals surface area contributed by atoms with Crippen LogP contribution in [-0.4, -0.2) is 60.9 Å². The summed E-state index contributed by atoms with van der Waals surface area (Å²) in [6.07, 6.45) is 3.53. The number of hydrogen-bond acceptors (Lipinski definition) is 6. The molecule has 0 bridgehead atoms. The lowest BCUT2D eigenvalue weighted by Crippen LogP contribution is -2.42. The van der Waals surface area contributed by atoms with Crippen LogP contribution < -0.4 is 15.1 Å². The number of carbonyl (C=O) groups is 2. The minimum atomic E-state index is -0.0255. The summed E-state index contributed by atoms with van der Waals surface area (Å²) in [5, 5.41) is 3.26. The maximum absolute atomic E-state index is 12.1. The Bertz CT molecular complexity index is 1140. The fourth-order valence-corrected chi connectivity index (χ4v) is 3.66. The van der Waals surface area contributed by atoms with Crippen LogP contribution in [0, 0.1) is 0 Å². The summed E-state index contributed by atoms with van der Waals surface area (Å²) in [7, 11) is 5.44. The van der Waals surface area contributed by atoms with Crippen LogP contribution in [0.2, 0.25) is 0 Å². The minimum Gasteiger partial charge on any atom is -0.356 e. The van der Waals surface area contributed by atoms with Gasteiger partial charge in [-0.25, -0.2) is 9.97 Å². The number of anilines is 4. The summed E-state index contributed by atoms with van der Waals surface area (Å²) >= 11 is 0. The topological polar surface area (TPSA) is 81.7 Å². The van der Waals surface area contributed by atoms with Crippen molar-refractivity contribution in [3.63, 3.8) is 0 Å². The number of nitrogens with one attached hydrogen (secondary N) is 1. The number of carbonyl (C=O) groups excluding carboxylic acids is 2. The van der Waals surface area contributed by atoms with Crippen molar-refractivity contribution < 1.29 is 9.59 Å². The third-order valence-electron chi connectivity index (χ3n) is 5.45. The van der Waals surface area contributed by atoms with Gasteiger partial charge in [-0.15, -0.1) is 0 Å². The second kappa shape index (κ2) is 8.66. The molecule has 8 heteroatoms. The lowest BCUT2D eigenvalue weighted by Gasteiger charge is -2.34. The van der Waals surface area contributed by atoms with E-state index < -0.39 is 0 Å². The smallest absolute Gasteiger partial charge is 0.253 e. The van der Waals surface area contributed by atoms with E-state index in [1.54, 1.807) is 43.2 Å². The normalized spacial score (nSPS) is 12.9. The molecule has 1 aromatic carbocycles. The number of nitrogens with zero attached hydrogens (tertiary/aromatic N) is 5. The molecular formula is C24H26N6O2. The standard InChI is InChI=1S/C24H26N6O2/c1-16(31)30-12-11-29(4)23-21(30)13-20(15-26-23)27-22-10-9-19(14-25-22)17-5-7-18(8-6-17)24(32)28(2)3/h5-10,13-15H,11-12H2,1-4H3,(H,25,27). The van der Waals surface area contributed by atoms with Crippen LogP contribution in [0.25, 0.3) is 11.1 Å². The van der Waals surface area contributed by atoms with Crippen molar-refractivity contribution in [3.8, 4) is 11.1 Å². The number of likely N-dealkylation sites (N-methyl/N-ethyl adjacent to an activating group) is 1. The Morgan fingerprint density at radius 2 is 1.69 bits per heavy atom. The van der Waals surface area contributed by atoms with E-state index in [1.807, 2.05) is 54.4 Å². The monoisotopic (exact) mass is 430 g/mol. The Balaban J connectivity index is 1.51. The summed E-state index contributed by atoms with van der Waals surface area (Å²) in [5.41, 5.74) is 4.13. The van der Waals surface area contributed by atoms with E-state index in [-0.39, 0.29) is 11.8 Å². The maximum Gasteiger partial charge on any atom is 0.253 e. The minimum absolute atomic E-state index is 0.000854. The van der Waals surface area contributed by atoms with Crippen molar-refractivity contribution in [1.29, 1.82) is 0 Å². The molecule has 0 spiro atoms. The molecule has 3 aromatic rings. The lowest BCUT2D eigenvalue weighted by atomic mass is 10.1. The van der Waals surface area contributed by atoms with E-state index >= 15 is 0 Å². The van der Waals surface area contributed by atoms with Crippen LogP contribution in [0.4, 0.5) is 23.0 Å². The Hall–Kier alpha value is -3.94. The highest BCUT2D eigenvalue weighted by Gasteiger charge is 2.24. The second-order valence-corrected chi connectivity index (χ2v) is 7.99. The molecule has 2 aromatic heterocycles. The van der Waals surface area contributed by atoms with Crippen molar-refractivity contribution >= 4 is 34.8 Å². The molecule has 1 N–H and O–H groups in total. The molecule has 0 unspecified atom stereocenters. The first-order valence-corrected chi connectivity index (χ1v) is 10.4. The van der Waals surface area contributed by atoms with Gasteiger partial charge in [-0.2, -0.15) is 0 Å². The van der Waals surface area contributed by atoms with Gasteiger partial charge in [0.25, 0.3) is 5.91 Å². The Morgan fingerprint density at radius 1 is 0.969 bits per heavy atom. The zero-order chi connectivity index (χ0) is 22.8. The van der Waals surface area contributed by atoms with Crippen molar-refractivity contribution in [2.75, 3.05) is 49.3 Å². The number of benzene rings is 1. The summed E-state index contributed by atoms with van der Waals surface area (Å²) in [6, 6.07) is 13.3. The molecule has 0 saturated heterocycles. The van der Waals surface area contributed by atoms with Gasteiger partial charge >= 0.3 is 0 Å². The Morgan fingerprint density at radius 3 is 2.31 bits per heavy atom. The van der Waals surface area contributed by atoms with Gasteiger partial charge in [0.05, 0.1) is 17.6 Å².